The van der Waals surface area contributed by atoms with Gasteiger partial charge in [-0.25, -0.2) is 0 Å². The minimum Gasteiger partial charge on any atom is -0.177 e. The summed E-state index contributed by atoms with van der Waals surface area (Å²) in [6, 6.07) is 0. The van der Waals surface area contributed by atoms with Crippen LogP contribution in [0.3, 0.4) is 0 Å². The van der Waals surface area contributed by atoms with Gasteiger partial charge >= 0.3 is 0 Å². The molecule has 0 saturated carbocycles. The van der Waals surface area contributed by atoms with Crippen LogP contribution in [0.5, 0.6) is 0 Å². The number of hydrogen-bond donors (Lipinski definition) is 1. The molecule has 0 amide bonds. The second kappa shape index (κ2) is 3.35. The smallest absolute Gasteiger partial charge is 0.177 e. The molecule has 9 heteroatoms. The number of tetrazole rings is 1. The van der Waals surface area contributed by atoms with Crippen molar-refractivity contribution in [2.75, 3.05) is 0 Å². The van der Waals surface area contributed by atoms with E-state index in [1.165, 1.54) is 0 Å². The molecule has 0 aromatic carbocycles. The Labute approximate surface area is 92.5 Å². The molecule has 0 aliphatic rings. The van der Waals surface area contributed by atoms with Crippen LogP contribution in [0.1, 0.15) is 5.82 Å². The number of nitrogens with zero attached hydrogens (tertiary/aromatic N) is 3. The Balaban J connectivity index is 3.02. The van der Waals surface area contributed by atoms with E-state index >= 15 is 0 Å². The highest BCUT2D eigenvalue weighted by molar-refractivity contribution is 6.75. The van der Waals surface area contributed by atoms with Gasteiger partial charge in [-0.15, -0.1) is 10.2 Å². The second-order valence-electron chi connectivity index (χ2n) is 1.81. The maximum absolute atomic E-state index is 5.66. The molecule has 1 N–H and O–H groups in total. The third kappa shape index (κ3) is 1.88. The maximum atomic E-state index is 5.66. The number of rotatable bonds is 1. The Hall–Kier alpha value is 0.520. The molecular formula is C3HCl5N4. The molecule has 0 bridgehead atoms. The minimum atomic E-state index is -1.92. The van der Waals surface area contributed by atoms with Gasteiger partial charge in [-0.1, -0.05) is 63.2 Å². The molecular weight excluding hydrogens is 269 g/mol. The highest BCUT2D eigenvalue weighted by Crippen LogP contribution is 2.51. The maximum Gasteiger partial charge on any atom is 0.230 e. The van der Waals surface area contributed by atoms with Gasteiger partial charge in [0, 0.05) is 0 Å². The molecule has 0 radical (unpaired) electrons. The molecule has 12 heavy (non-hydrogen) atoms. The first-order chi connectivity index (χ1) is 5.36. The lowest BCUT2D eigenvalue weighted by Gasteiger charge is -2.23. The summed E-state index contributed by atoms with van der Waals surface area (Å²) in [7, 11) is 0. The SMILES string of the molecule is ClC(Cl)(Cl)C(Cl)(Cl)c1nn[nH]n1. The van der Waals surface area contributed by atoms with Crippen molar-refractivity contribution in [2.24, 2.45) is 0 Å². The summed E-state index contributed by atoms with van der Waals surface area (Å²) in [5.41, 5.74) is 0. The number of aromatic amines is 1. The van der Waals surface area contributed by atoms with Crippen molar-refractivity contribution in [3.8, 4) is 0 Å². The topological polar surface area (TPSA) is 54.5 Å². The van der Waals surface area contributed by atoms with E-state index in [4.69, 9.17) is 58.0 Å². The van der Waals surface area contributed by atoms with Gasteiger partial charge in [0.05, 0.1) is 0 Å². The molecule has 1 aromatic rings. The first-order valence-electron chi connectivity index (χ1n) is 2.54. The Morgan fingerprint density at radius 2 is 1.67 bits per heavy atom. The van der Waals surface area contributed by atoms with Gasteiger partial charge in [0.2, 0.25) is 14.0 Å². The van der Waals surface area contributed by atoms with Crippen molar-refractivity contribution in [3.05, 3.63) is 5.82 Å². The quantitative estimate of drug-likeness (QED) is 0.796. The van der Waals surface area contributed by atoms with Crippen LogP contribution in [0.15, 0.2) is 0 Å². The molecule has 0 aliphatic carbocycles. The third-order valence-corrected chi connectivity index (χ3v) is 3.32. The molecule has 0 spiro atoms. The van der Waals surface area contributed by atoms with Crippen molar-refractivity contribution in [3.63, 3.8) is 0 Å². The van der Waals surface area contributed by atoms with Crippen LogP contribution >= 0.6 is 58.0 Å². The zero-order valence-electron chi connectivity index (χ0n) is 5.23. The fourth-order valence-electron chi connectivity index (χ4n) is 0.422. The van der Waals surface area contributed by atoms with Crippen LogP contribution in [0.2, 0.25) is 0 Å². The lowest BCUT2D eigenvalue weighted by molar-refractivity contribution is 0.788. The number of alkyl halides is 5. The van der Waals surface area contributed by atoms with E-state index in [1.807, 2.05) is 0 Å². The van der Waals surface area contributed by atoms with Gasteiger partial charge in [0.15, 0.2) is 0 Å². The Morgan fingerprint density at radius 3 is 2.00 bits per heavy atom. The summed E-state index contributed by atoms with van der Waals surface area (Å²) in [5.74, 6) is -0.0918. The van der Waals surface area contributed by atoms with Gasteiger partial charge < -0.3 is 0 Å². The largest absolute Gasteiger partial charge is 0.230 e. The Bertz CT molecular complexity index is 250. The molecule has 0 unspecified atom stereocenters. The van der Waals surface area contributed by atoms with Crippen molar-refractivity contribution >= 4 is 58.0 Å². The number of halogens is 5. The van der Waals surface area contributed by atoms with Crippen LogP contribution in [-0.2, 0) is 4.33 Å². The van der Waals surface area contributed by atoms with E-state index in [0.717, 1.165) is 0 Å². The van der Waals surface area contributed by atoms with Crippen molar-refractivity contribution in [2.45, 2.75) is 8.13 Å². The monoisotopic (exact) mass is 268 g/mol. The van der Waals surface area contributed by atoms with Crippen LogP contribution in [0, 0.1) is 0 Å². The molecule has 1 heterocycles. The fraction of sp³-hybridized carbons (Fsp3) is 0.667. The first-order valence-corrected chi connectivity index (χ1v) is 4.43. The second-order valence-corrected chi connectivity index (χ2v) is 5.42. The number of nitrogens with one attached hydrogen (secondary N) is 1. The predicted molar refractivity (Wildman–Crippen MR) is 47.9 cm³/mol. The van der Waals surface area contributed by atoms with E-state index in [-0.39, 0.29) is 5.82 Å². The number of H-pyrrole nitrogens is 1. The van der Waals surface area contributed by atoms with E-state index in [1.54, 1.807) is 0 Å². The number of aromatic nitrogens is 4. The van der Waals surface area contributed by atoms with Crippen molar-refractivity contribution < 1.29 is 0 Å². The lowest BCUT2D eigenvalue weighted by Crippen LogP contribution is -2.29. The van der Waals surface area contributed by atoms with Crippen molar-refractivity contribution in [1.29, 1.82) is 0 Å². The molecule has 0 aliphatic heterocycles. The van der Waals surface area contributed by atoms with Crippen LogP contribution in [0.4, 0.5) is 0 Å². The summed E-state index contributed by atoms with van der Waals surface area (Å²) in [4.78, 5) is 0. The predicted octanol–water partition coefficient (Wildman–Crippen LogP) is 2.20. The van der Waals surface area contributed by atoms with Crippen LogP contribution < -0.4 is 0 Å². The van der Waals surface area contributed by atoms with E-state index < -0.39 is 8.13 Å². The van der Waals surface area contributed by atoms with Crippen LogP contribution in [0.25, 0.3) is 0 Å². The Kier molecular flexibility index (Phi) is 2.96. The molecule has 0 atom stereocenters. The fourth-order valence-corrected chi connectivity index (χ4v) is 0.835. The van der Waals surface area contributed by atoms with Gasteiger partial charge in [0.1, 0.15) is 0 Å². The molecule has 68 valence electrons. The van der Waals surface area contributed by atoms with Gasteiger partial charge in [-0.3, -0.25) is 0 Å². The first kappa shape index (κ1) is 10.6. The van der Waals surface area contributed by atoms with Gasteiger partial charge in [-0.2, -0.15) is 5.21 Å². The molecule has 1 rings (SSSR count). The average Bonchev–Trinajstić information content (AvgIpc) is 2.34. The average molecular weight is 270 g/mol. The third-order valence-electron chi connectivity index (χ3n) is 0.982. The summed E-state index contributed by atoms with van der Waals surface area (Å²) >= 11 is 27.7. The normalized spacial score (nSPS) is 13.4. The molecule has 0 saturated heterocycles. The number of hydrogen-bond acceptors (Lipinski definition) is 3. The molecule has 0 fully saturated rings. The summed E-state index contributed by atoms with van der Waals surface area (Å²) < 4.78 is -3.73. The van der Waals surface area contributed by atoms with E-state index in [9.17, 15) is 0 Å². The summed E-state index contributed by atoms with van der Waals surface area (Å²) in [6.45, 7) is 0. The Morgan fingerprint density at radius 1 is 1.08 bits per heavy atom. The van der Waals surface area contributed by atoms with Gasteiger partial charge in [-0.05, 0) is 0 Å². The highest BCUT2D eigenvalue weighted by atomic mass is 35.6. The zero-order chi connectivity index (χ0) is 9.41. The van der Waals surface area contributed by atoms with Gasteiger partial charge in [0.25, 0.3) is 0 Å². The highest BCUT2D eigenvalue weighted by Gasteiger charge is 2.50. The van der Waals surface area contributed by atoms with Crippen molar-refractivity contribution in [1.82, 2.24) is 20.6 Å². The van der Waals surface area contributed by atoms with E-state index in [0.29, 0.717) is 0 Å². The minimum absolute atomic E-state index is 0.0918. The van der Waals surface area contributed by atoms with E-state index in [2.05, 4.69) is 20.6 Å². The molecule has 1 aromatic heterocycles. The standard InChI is InChI=1S/C3HCl5N4/c4-2(5,3(6,7)8)1-9-11-12-10-1/h(H,9,10,11,12). The lowest BCUT2D eigenvalue weighted by atomic mass is 10.4. The summed E-state index contributed by atoms with van der Waals surface area (Å²) in [5, 5.41) is 12.3. The molecule has 4 nitrogen and oxygen atoms in total. The zero-order valence-corrected chi connectivity index (χ0v) is 9.01. The van der Waals surface area contributed by atoms with Crippen LogP contribution in [-0.4, -0.2) is 24.4 Å². The summed E-state index contributed by atoms with van der Waals surface area (Å²) in [6.07, 6.45) is 0.